The lowest BCUT2D eigenvalue weighted by Crippen LogP contribution is -2.35. The van der Waals surface area contributed by atoms with Crippen LogP contribution in [0.4, 0.5) is 8.78 Å². The molecule has 17 heavy (non-hydrogen) atoms. The van der Waals surface area contributed by atoms with Crippen molar-refractivity contribution in [2.24, 2.45) is 5.41 Å². The monoisotopic (exact) mass is 241 g/mol. The number of nitrogens with one attached hydrogen (secondary N) is 1. The van der Waals surface area contributed by atoms with E-state index in [0.29, 0.717) is 6.54 Å². The molecule has 1 atom stereocenters. The highest BCUT2D eigenvalue weighted by Crippen LogP contribution is 2.38. The third-order valence-corrected chi connectivity index (χ3v) is 3.39. The van der Waals surface area contributed by atoms with E-state index in [-0.39, 0.29) is 17.0 Å². The number of hydrogen-bond acceptors (Lipinski definition) is 1. The molecule has 1 aromatic rings. The molecule has 0 aliphatic rings. The van der Waals surface area contributed by atoms with E-state index in [0.717, 1.165) is 6.42 Å². The SMILES string of the molecule is CCNC(c1c(F)cccc1F)C(C)(C)CC. The normalized spacial score (nSPS) is 13.8. The van der Waals surface area contributed by atoms with E-state index in [1.54, 1.807) is 0 Å². The Hall–Kier alpha value is -0.960. The Morgan fingerprint density at radius 1 is 1.18 bits per heavy atom. The fourth-order valence-electron chi connectivity index (χ4n) is 1.96. The molecule has 0 saturated carbocycles. The van der Waals surface area contributed by atoms with Crippen molar-refractivity contribution >= 4 is 0 Å². The molecular weight excluding hydrogens is 220 g/mol. The van der Waals surface area contributed by atoms with Gasteiger partial charge in [0, 0.05) is 11.6 Å². The van der Waals surface area contributed by atoms with E-state index in [1.165, 1.54) is 18.2 Å². The molecule has 1 N–H and O–H groups in total. The lowest BCUT2D eigenvalue weighted by molar-refractivity contribution is 0.226. The van der Waals surface area contributed by atoms with Gasteiger partial charge in [-0.05, 0) is 30.5 Å². The fourth-order valence-corrected chi connectivity index (χ4v) is 1.96. The van der Waals surface area contributed by atoms with Crippen LogP contribution < -0.4 is 5.32 Å². The largest absolute Gasteiger partial charge is 0.310 e. The van der Waals surface area contributed by atoms with Gasteiger partial charge in [-0.3, -0.25) is 0 Å². The molecule has 0 radical (unpaired) electrons. The first kappa shape index (κ1) is 14.1. The van der Waals surface area contributed by atoms with Crippen molar-refractivity contribution in [1.29, 1.82) is 0 Å². The van der Waals surface area contributed by atoms with Crippen LogP contribution in [-0.4, -0.2) is 6.54 Å². The number of benzene rings is 1. The molecule has 0 saturated heterocycles. The van der Waals surface area contributed by atoms with E-state index in [4.69, 9.17) is 0 Å². The third kappa shape index (κ3) is 3.03. The Morgan fingerprint density at radius 2 is 1.71 bits per heavy atom. The van der Waals surface area contributed by atoms with Gasteiger partial charge < -0.3 is 5.32 Å². The Balaban J connectivity index is 3.23. The second-order valence-corrected chi connectivity index (χ2v) is 4.97. The highest BCUT2D eigenvalue weighted by atomic mass is 19.1. The van der Waals surface area contributed by atoms with E-state index in [2.05, 4.69) is 5.32 Å². The van der Waals surface area contributed by atoms with Crippen molar-refractivity contribution in [3.63, 3.8) is 0 Å². The predicted molar refractivity (Wildman–Crippen MR) is 66.8 cm³/mol. The zero-order valence-electron chi connectivity index (χ0n) is 11.0. The first-order valence-electron chi connectivity index (χ1n) is 6.11. The van der Waals surface area contributed by atoms with E-state index < -0.39 is 11.6 Å². The molecule has 1 aromatic carbocycles. The minimum Gasteiger partial charge on any atom is -0.310 e. The second kappa shape index (κ2) is 5.58. The van der Waals surface area contributed by atoms with Gasteiger partial charge in [-0.15, -0.1) is 0 Å². The molecule has 0 fully saturated rings. The number of rotatable bonds is 5. The summed E-state index contributed by atoms with van der Waals surface area (Å²) in [7, 11) is 0. The average Bonchev–Trinajstić information content (AvgIpc) is 2.27. The van der Waals surface area contributed by atoms with Crippen LogP contribution in [0.1, 0.15) is 45.7 Å². The Kier molecular flexibility index (Phi) is 4.63. The van der Waals surface area contributed by atoms with Crippen molar-refractivity contribution in [2.75, 3.05) is 6.54 Å². The molecule has 0 spiro atoms. The van der Waals surface area contributed by atoms with Gasteiger partial charge in [0.15, 0.2) is 0 Å². The van der Waals surface area contributed by atoms with Crippen LogP contribution >= 0.6 is 0 Å². The maximum atomic E-state index is 13.8. The molecule has 0 bridgehead atoms. The molecule has 0 amide bonds. The van der Waals surface area contributed by atoms with Crippen molar-refractivity contribution in [2.45, 2.75) is 40.2 Å². The van der Waals surface area contributed by atoms with Crippen molar-refractivity contribution in [3.8, 4) is 0 Å². The van der Waals surface area contributed by atoms with Crippen LogP contribution in [-0.2, 0) is 0 Å². The van der Waals surface area contributed by atoms with Crippen molar-refractivity contribution in [3.05, 3.63) is 35.4 Å². The van der Waals surface area contributed by atoms with Gasteiger partial charge in [0.05, 0.1) is 0 Å². The summed E-state index contributed by atoms with van der Waals surface area (Å²) in [6.07, 6.45) is 0.846. The van der Waals surface area contributed by atoms with Crippen molar-refractivity contribution in [1.82, 2.24) is 5.32 Å². The quantitative estimate of drug-likeness (QED) is 0.820. The molecule has 0 aliphatic carbocycles. The van der Waals surface area contributed by atoms with Gasteiger partial charge in [-0.1, -0.05) is 33.8 Å². The van der Waals surface area contributed by atoms with Crippen LogP contribution in [0.3, 0.4) is 0 Å². The summed E-state index contributed by atoms with van der Waals surface area (Å²) in [5.41, 5.74) is -0.0415. The third-order valence-electron chi connectivity index (χ3n) is 3.39. The zero-order chi connectivity index (χ0) is 13.1. The van der Waals surface area contributed by atoms with Gasteiger partial charge in [0.1, 0.15) is 11.6 Å². The molecule has 0 aliphatic heterocycles. The molecular formula is C14H21F2N. The summed E-state index contributed by atoms with van der Waals surface area (Å²) >= 11 is 0. The standard InChI is InChI=1S/C14H21F2N/c1-5-14(3,4)13(17-6-2)12-10(15)8-7-9-11(12)16/h7-9,13,17H,5-6H2,1-4H3. The Morgan fingerprint density at radius 3 is 2.12 bits per heavy atom. The molecule has 0 aromatic heterocycles. The minimum absolute atomic E-state index is 0.154. The maximum absolute atomic E-state index is 13.8. The van der Waals surface area contributed by atoms with Gasteiger partial charge >= 0.3 is 0 Å². The Labute approximate surface area is 102 Å². The molecule has 0 heterocycles. The van der Waals surface area contributed by atoms with E-state index in [1.807, 2.05) is 27.7 Å². The lowest BCUT2D eigenvalue weighted by Gasteiger charge is -2.34. The molecule has 1 nitrogen and oxygen atoms in total. The zero-order valence-corrected chi connectivity index (χ0v) is 11.0. The van der Waals surface area contributed by atoms with Crippen LogP contribution in [0.25, 0.3) is 0 Å². The van der Waals surface area contributed by atoms with Gasteiger partial charge in [0.25, 0.3) is 0 Å². The second-order valence-electron chi connectivity index (χ2n) is 4.97. The highest BCUT2D eigenvalue weighted by Gasteiger charge is 2.32. The summed E-state index contributed by atoms with van der Waals surface area (Å²) < 4.78 is 27.6. The summed E-state index contributed by atoms with van der Waals surface area (Å²) in [4.78, 5) is 0. The summed E-state index contributed by atoms with van der Waals surface area (Å²) in [5.74, 6) is -0.949. The smallest absolute Gasteiger partial charge is 0.130 e. The first-order chi connectivity index (χ1) is 7.94. The Bertz CT molecular complexity index is 354. The summed E-state index contributed by atoms with van der Waals surface area (Å²) in [6.45, 7) is 8.70. The summed E-state index contributed by atoms with van der Waals surface area (Å²) in [5, 5.41) is 3.19. The average molecular weight is 241 g/mol. The van der Waals surface area contributed by atoms with Crippen molar-refractivity contribution < 1.29 is 8.78 Å². The van der Waals surface area contributed by atoms with Gasteiger partial charge in [-0.2, -0.15) is 0 Å². The molecule has 1 unspecified atom stereocenters. The number of hydrogen-bond donors (Lipinski definition) is 1. The summed E-state index contributed by atoms with van der Waals surface area (Å²) in [6, 6.07) is 3.72. The lowest BCUT2D eigenvalue weighted by atomic mass is 9.78. The topological polar surface area (TPSA) is 12.0 Å². The molecule has 1 rings (SSSR count). The van der Waals surface area contributed by atoms with E-state index in [9.17, 15) is 8.78 Å². The number of halogens is 2. The maximum Gasteiger partial charge on any atom is 0.130 e. The fraction of sp³-hybridized carbons (Fsp3) is 0.571. The molecule has 3 heteroatoms. The van der Waals surface area contributed by atoms with Crippen LogP contribution in [0.15, 0.2) is 18.2 Å². The minimum atomic E-state index is -0.475. The molecule has 96 valence electrons. The van der Waals surface area contributed by atoms with Crippen LogP contribution in [0, 0.1) is 17.0 Å². The van der Waals surface area contributed by atoms with Crippen LogP contribution in [0.2, 0.25) is 0 Å². The highest BCUT2D eigenvalue weighted by molar-refractivity contribution is 5.25. The first-order valence-corrected chi connectivity index (χ1v) is 6.11. The van der Waals surface area contributed by atoms with Gasteiger partial charge in [0.2, 0.25) is 0 Å². The van der Waals surface area contributed by atoms with Gasteiger partial charge in [-0.25, -0.2) is 8.78 Å². The van der Waals surface area contributed by atoms with Crippen LogP contribution in [0.5, 0.6) is 0 Å². The predicted octanol–water partition coefficient (Wildman–Crippen LogP) is 4.05. The van der Waals surface area contributed by atoms with E-state index >= 15 is 0 Å².